The van der Waals surface area contributed by atoms with Gasteiger partial charge in [0.1, 0.15) is 0 Å². The molecular formula is C11H20N2O2. The predicted molar refractivity (Wildman–Crippen MR) is 57.4 cm³/mol. The molecule has 1 unspecified atom stereocenters. The number of nitrogens with two attached hydrogens (primary N) is 1. The summed E-state index contributed by atoms with van der Waals surface area (Å²) in [5, 5.41) is 0. The van der Waals surface area contributed by atoms with E-state index in [1.165, 1.54) is 0 Å². The van der Waals surface area contributed by atoms with Crippen LogP contribution in [0.2, 0.25) is 0 Å². The predicted octanol–water partition coefficient (Wildman–Crippen LogP) is 0.505. The molecule has 86 valence electrons. The standard InChI is InChI=1S/C11H20N2O2/c1-2-11(12)7-13(8-11)10(14)6-9-4-3-5-15-9/h9H,2-8,12H2,1H3. The molecule has 2 aliphatic rings. The Hall–Kier alpha value is -0.610. The molecule has 15 heavy (non-hydrogen) atoms. The van der Waals surface area contributed by atoms with Gasteiger partial charge in [0.2, 0.25) is 5.91 Å². The summed E-state index contributed by atoms with van der Waals surface area (Å²) >= 11 is 0. The Balaban J connectivity index is 1.74. The summed E-state index contributed by atoms with van der Waals surface area (Å²) in [5.74, 6) is 0.205. The van der Waals surface area contributed by atoms with E-state index in [4.69, 9.17) is 10.5 Å². The van der Waals surface area contributed by atoms with E-state index < -0.39 is 0 Å². The molecule has 2 fully saturated rings. The first-order valence-electron chi connectivity index (χ1n) is 5.81. The van der Waals surface area contributed by atoms with Crippen molar-refractivity contribution >= 4 is 5.91 Å². The number of rotatable bonds is 3. The van der Waals surface area contributed by atoms with Crippen molar-refractivity contribution in [2.24, 2.45) is 5.73 Å². The summed E-state index contributed by atoms with van der Waals surface area (Å²) in [6.45, 7) is 4.32. The highest BCUT2D eigenvalue weighted by molar-refractivity contribution is 5.78. The maximum Gasteiger partial charge on any atom is 0.225 e. The largest absolute Gasteiger partial charge is 0.378 e. The van der Waals surface area contributed by atoms with Crippen LogP contribution in [0.15, 0.2) is 0 Å². The summed E-state index contributed by atoms with van der Waals surface area (Å²) in [6, 6.07) is 0. The smallest absolute Gasteiger partial charge is 0.225 e. The van der Waals surface area contributed by atoms with Crippen LogP contribution < -0.4 is 5.73 Å². The number of ether oxygens (including phenoxy) is 1. The van der Waals surface area contributed by atoms with Crippen molar-refractivity contribution in [2.75, 3.05) is 19.7 Å². The van der Waals surface area contributed by atoms with Crippen LogP contribution in [0.4, 0.5) is 0 Å². The third kappa shape index (κ3) is 2.32. The molecule has 0 bridgehead atoms. The minimum absolute atomic E-state index is 0.119. The Morgan fingerprint density at radius 2 is 2.33 bits per heavy atom. The molecule has 2 saturated heterocycles. The van der Waals surface area contributed by atoms with Crippen LogP contribution in [-0.2, 0) is 9.53 Å². The number of nitrogens with zero attached hydrogens (tertiary/aromatic N) is 1. The van der Waals surface area contributed by atoms with Gasteiger partial charge in [-0.05, 0) is 19.3 Å². The van der Waals surface area contributed by atoms with Crippen LogP contribution in [0.5, 0.6) is 0 Å². The number of carbonyl (C=O) groups is 1. The summed E-state index contributed by atoms with van der Waals surface area (Å²) in [5.41, 5.74) is 5.89. The van der Waals surface area contributed by atoms with Crippen molar-refractivity contribution in [2.45, 2.75) is 44.2 Å². The van der Waals surface area contributed by atoms with Crippen molar-refractivity contribution < 1.29 is 9.53 Å². The number of hydrogen-bond donors (Lipinski definition) is 1. The monoisotopic (exact) mass is 212 g/mol. The van der Waals surface area contributed by atoms with Crippen LogP contribution in [-0.4, -0.2) is 42.1 Å². The second-order valence-electron chi connectivity index (χ2n) is 4.80. The van der Waals surface area contributed by atoms with E-state index in [2.05, 4.69) is 6.92 Å². The fourth-order valence-corrected chi connectivity index (χ4v) is 2.24. The lowest BCUT2D eigenvalue weighted by molar-refractivity contribution is -0.141. The highest BCUT2D eigenvalue weighted by atomic mass is 16.5. The first kappa shape index (κ1) is 10.9. The van der Waals surface area contributed by atoms with Crippen LogP contribution >= 0.6 is 0 Å². The van der Waals surface area contributed by atoms with Gasteiger partial charge in [0.15, 0.2) is 0 Å². The summed E-state index contributed by atoms with van der Waals surface area (Å²) in [6.07, 6.45) is 3.76. The van der Waals surface area contributed by atoms with Crippen LogP contribution in [0, 0.1) is 0 Å². The molecule has 0 saturated carbocycles. The molecule has 0 spiro atoms. The molecule has 0 aromatic carbocycles. The van der Waals surface area contributed by atoms with Crippen LogP contribution in [0.3, 0.4) is 0 Å². The van der Waals surface area contributed by atoms with Crippen molar-refractivity contribution in [3.05, 3.63) is 0 Å². The molecule has 4 heteroatoms. The highest BCUT2D eigenvalue weighted by Gasteiger charge is 2.40. The zero-order chi connectivity index (χ0) is 10.9. The molecule has 2 heterocycles. The van der Waals surface area contributed by atoms with E-state index in [1.807, 2.05) is 4.90 Å². The van der Waals surface area contributed by atoms with Gasteiger partial charge in [0.25, 0.3) is 0 Å². The Bertz CT molecular complexity index is 243. The van der Waals surface area contributed by atoms with Crippen molar-refractivity contribution in [3.8, 4) is 0 Å². The van der Waals surface area contributed by atoms with E-state index in [1.54, 1.807) is 0 Å². The minimum Gasteiger partial charge on any atom is -0.378 e. The van der Waals surface area contributed by atoms with E-state index in [0.717, 1.165) is 39.0 Å². The zero-order valence-electron chi connectivity index (χ0n) is 9.37. The van der Waals surface area contributed by atoms with E-state index in [-0.39, 0.29) is 17.6 Å². The molecule has 1 atom stereocenters. The molecule has 0 radical (unpaired) electrons. The molecule has 2 rings (SSSR count). The summed E-state index contributed by atoms with van der Waals surface area (Å²) < 4.78 is 5.44. The van der Waals surface area contributed by atoms with Gasteiger partial charge in [-0.15, -0.1) is 0 Å². The van der Waals surface area contributed by atoms with Gasteiger partial charge in [-0.1, -0.05) is 6.92 Å². The van der Waals surface area contributed by atoms with Crippen LogP contribution in [0.1, 0.15) is 32.6 Å². The molecule has 0 aromatic rings. The molecule has 2 aliphatic heterocycles. The summed E-state index contributed by atoms with van der Waals surface area (Å²) in [4.78, 5) is 13.6. The maximum absolute atomic E-state index is 11.8. The lowest BCUT2D eigenvalue weighted by Gasteiger charge is -2.47. The SMILES string of the molecule is CCC1(N)CN(C(=O)CC2CCCO2)C1. The van der Waals surface area contributed by atoms with Crippen LogP contribution in [0.25, 0.3) is 0 Å². The normalized spacial score (nSPS) is 28.9. The first-order valence-corrected chi connectivity index (χ1v) is 5.81. The molecule has 2 N–H and O–H groups in total. The summed E-state index contributed by atoms with van der Waals surface area (Å²) in [7, 11) is 0. The van der Waals surface area contributed by atoms with Gasteiger partial charge in [0.05, 0.1) is 18.1 Å². The molecule has 0 aromatic heterocycles. The minimum atomic E-state index is -0.119. The second kappa shape index (κ2) is 4.10. The van der Waals surface area contributed by atoms with Gasteiger partial charge >= 0.3 is 0 Å². The quantitative estimate of drug-likeness (QED) is 0.741. The second-order valence-corrected chi connectivity index (χ2v) is 4.80. The Morgan fingerprint density at radius 1 is 1.60 bits per heavy atom. The number of likely N-dealkylation sites (tertiary alicyclic amines) is 1. The maximum atomic E-state index is 11.8. The average molecular weight is 212 g/mol. The molecular weight excluding hydrogens is 192 g/mol. The number of hydrogen-bond acceptors (Lipinski definition) is 3. The van der Waals surface area contributed by atoms with Gasteiger partial charge in [0, 0.05) is 19.7 Å². The zero-order valence-corrected chi connectivity index (χ0v) is 9.37. The Morgan fingerprint density at radius 3 is 2.87 bits per heavy atom. The molecule has 4 nitrogen and oxygen atoms in total. The van der Waals surface area contributed by atoms with Crippen molar-refractivity contribution in [3.63, 3.8) is 0 Å². The van der Waals surface area contributed by atoms with Gasteiger partial charge in [-0.25, -0.2) is 0 Å². The lowest BCUT2D eigenvalue weighted by Crippen LogP contribution is -2.68. The van der Waals surface area contributed by atoms with Gasteiger partial charge in [-0.3, -0.25) is 4.79 Å². The Labute approximate surface area is 90.8 Å². The van der Waals surface area contributed by atoms with Gasteiger partial charge < -0.3 is 15.4 Å². The van der Waals surface area contributed by atoms with E-state index in [9.17, 15) is 4.79 Å². The first-order chi connectivity index (χ1) is 7.13. The fraction of sp³-hybridized carbons (Fsp3) is 0.909. The number of amides is 1. The molecule has 0 aliphatic carbocycles. The third-order valence-electron chi connectivity index (χ3n) is 3.49. The third-order valence-corrected chi connectivity index (χ3v) is 3.49. The highest BCUT2D eigenvalue weighted by Crippen LogP contribution is 2.24. The fourth-order valence-electron chi connectivity index (χ4n) is 2.24. The van der Waals surface area contributed by atoms with Crippen molar-refractivity contribution in [1.82, 2.24) is 4.90 Å². The molecule has 1 amide bonds. The topological polar surface area (TPSA) is 55.6 Å². The Kier molecular flexibility index (Phi) is 2.98. The van der Waals surface area contributed by atoms with Crippen molar-refractivity contribution in [1.29, 1.82) is 0 Å². The average Bonchev–Trinajstić information content (AvgIpc) is 2.65. The number of carbonyl (C=O) groups excluding carboxylic acids is 1. The van der Waals surface area contributed by atoms with E-state index >= 15 is 0 Å². The van der Waals surface area contributed by atoms with E-state index in [0.29, 0.717) is 6.42 Å². The van der Waals surface area contributed by atoms with Gasteiger partial charge in [-0.2, -0.15) is 0 Å². The lowest BCUT2D eigenvalue weighted by atomic mass is 9.88.